The summed E-state index contributed by atoms with van der Waals surface area (Å²) in [6.45, 7) is 0. The molecular formula is C51H37N3. The van der Waals surface area contributed by atoms with E-state index < -0.39 is 0 Å². The summed E-state index contributed by atoms with van der Waals surface area (Å²) in [6, 6.07) is 53.0. The van der Waals surface area contributed by atoms with Crippen molar-refractivity contribution in [2.75, 3.05) is 0 Å². The minimum absolute atomic E-state index is 0.265. The molecule has 2 heterocycles. The van der Waals surface area contributed by atoms with Crippen LogP contribution in [0.25, 0.3) is 55.4 Å². The van der Waals surface area contributed by atoms with Crippen LogP contribution >= 0.6 is 0 Å². The van der Waals surface area contributed by atoms with Gasteiger partial charge in [-0.3, -0.25) is 4.57 Å². The molecule has 256 valence electrons. The van der Waals surface area contributed by atoms with Gasteiger partial charge >= 0.3 is 0 Å². The van der Waals surface area contributed by atoms with Gasteiger partial charge in [0.05, 0.1) is 27.5 Å². The largest absolute Gasteiger partial charge is 0.292 e. The summed E-state index contributed by atoms with van der Waals surface area (Å²) in [5.41, 5.74) is 13.7. The highest BCUT2D eigenvalue weighted by atomic mass is 15.1. The van der Waals surface area contributed by atoms with E-state index in [9.17, 15) is 0 Å². The molecule has 0 aliphatic heterocycles. The van der Waals surface area contributed by atoms with E-state index in [4.69, 9.17) is 9.97 Å². The Kier molecular flexibility index (Phi) is 7.03. The van der Waals surface area contributed by atoms with Crippen LogP contribution < -0.4 is 0 Å². The van der Waals surface area contributed by atoms with Gasteiger partial charge in [0, 0.05) is 16.7 Å². The zero-order valence-electron chi connectivity index (χ0n) is 29.8. The number of para-hydroxylation sites is 3. The second-order valence-electron chi connectivity index (χ2n) is 14.8. The smallest absolute Gasteiger partial charge is 0.165 e. The van der Waals surface area contributed by atoms with E-state index in [1.54, 1.807) is 0 Å². The molecule has 54 heavy (non-hydrogen) atoms. The first-order valence-electron chi connectivity index (χ1n) is 19.1. The lowest BCUT2D eigenvalue weighted by Crippen LogP contribution is -2.35. The maximum absolute atomic E-state index is 5.47. The molecule has 0 N–H and O–H groups in total. The number of hydrogen-bond acceptors (Lipinski definition) is 2. The molecule has 0 spiro atoms. The summed E-state index contributed by atoms with van der Waals surface area (Å²) >= 11 is 0. The number of nitrogens with zero attached hydrogens (tertiary/aromatic N) is 3. The van der Waals surface area contributed by atoms with Crippen molar-refractivity contribution in [2.45, 2.75) is 24.2 Å². The molecule has 3 heteroatoms. The van der Waals surface area contributed by atoms with Crippen molar-refractivity contribution in [1.82, 2.24) is 14.5 Å². The van der Waals surface area contributed by atoms with E-state index in [0.29, 0.717) is 5.92 Å². The summed E-state index contributed by atoms with van der Waals surface area (Å²) < 4.78 is 2.38. The van der Waals surface area contributed by atoms with Crippen LogP contribution in [0.1, 0.15) is 46.7 Å². The molecule has 8 aromatic rings. The average molecular weight is 692 g/mol. The fraction of sp³-hybridized carbons (Fsp3) is 0.0980. The normalized spacial score (nSPS) is 20.0. The Morgan fingerprint density at radius 2 is 1.33 bits per heavy atom. The van der Waals surface area contributed by atoms with Gasteiger partial charge in [-0.1, -0.05) is 164 Å². The first-order valence-corrected chi connectivity index (χ1v) is 19.1. The molecule has 0 saturated carbocycles. The maximum atomic E-state index is 5.47. The molecule has 0 bridgehead atoms. The zero-order chi connectivity index (χ0) is 35.6. The van der Waals surface area contributed by atoms with E-state index in [0.717, 1.165) is 52.0 Å². The van der Waals surface area contributed by atoms with Crippen molar-refractivity contribution < 1.29 is 0 Å². The molecule has 0 radical (unpaired) electrons. The third-order valence-corrected chi connectivity index (χ3v) is 12.0. The highest BCUT2D eigenvalue weighted by Gasteiger charge is 2.49. The van der Waals surface area contributed by atoms with Crippen molar-refractivity contribution in [3.8, 4) is 16.9 Å². The Morgan fingerprint density at radius 3 is 2.13 bits per heavy atom. The van der Waals surface area contributed by atoms with Crippen molar-refractivity contribution in [3.63, 3.8) is 0 Å². The van der Waals surface area contributed by atoms with Gasteiger partial charge in [0.15, 0.2) is 5.82 Å². The van der Waals surface area contributed by atoms with Gasteiger partial charge in [-0.25, -0.2) is 9.97 Å². The van der Waals surface area contributed by atoms with E-state index in [1.165, 1.54) is 44.2 Å². The van der Waals surface area contributed by atoms with Crippen LogP contribution in [0.5, 0.6) is 0 Å². The third kappa shape index (κ3) is 4.48. The van der Waals surface area contributed by atoms with Gasteiger partial charge in [-0.05, 0) is 82.0 Å². The first kappa shape index (κ1) is 31.0. The van der Waals surface area contributed by atoms with Gasteiger partial charge in [0.2, 0.25) is 0 Å². The molecule has 3 atom stereocenters. The van der Waals surface area contributed by atoms with Crippen LogP contribution in [-0.4, -0.2) is 14.5 Å². The third-order valence-electron chi connectivity index (χ3n) is 12.0. The van der Waals surface area contributed by atoms with Crippen LogP contribution in [0.2, 0.25) is 0 Å². The van der Waals surface area contributed by atoms with Gasteiger partial charge in [-0.15, -0.1) is 0 Å². The lowest BCUT2D eigenvalue weighted by Gasteiger charge is -2.39. The molecular weight excluding hydrogens is 655 g/mol. The highest BCUT2D eigenvalue weighted by Crippen LogP contribution is 2.60. The lowest BCUT2D eigenvalue weighted by atomic mass is 9.62. The molecule has 3 nitrogen and oxygen atoms in total. The van der Waals surface area contributed by atoms with Crippen LogP contribution in [0, 0.1) is 5.92 Å². The fourth-order valence-corrected chi connectivity index (χ4v) is 9.70. The second kappa shape index (κ2) is 12.2. The van der Waals surface area contributed by atoms with Crippen molar-refractivity contribution >= 4 is 38.4 Å². The molecule has 2 aromatic heterocycles. The SMILES string of the molecule is C1=CCC(C2(c3ccccc3)c3ccccc3-c3c2ccc2c3c3ccccc3n2-c2nc3ccccc3nc2C2=CCC(c3ccccc3)C=C2)C=C1. The van der Waals surface area contributed by atoms with Crippen LogP contribution in [0.4, 0.5) is 0 Å². The van der Waals surface area contributed by atoms with Crippen molar-refractivity contribution in [1.29, 1.82) is 0 Å². The minimum Gasteiger partial charge on any atom is -0.292 e. The molecule has 0 fully saturated rings. The lowest BCUT2D eigenvalue weighted by molar-refractivity contribution is 0.457. The molecule has 3 aliphatic carbocycles. The number of aromatic nitrogens is 3. The highest BCUT2D eigenvalue weighted by molar-refractivity contribution is 6.18. The number of hydrogen-bond donors (Lipinski definition) is 0. The minimum atomic E-state index is -0.341. The molecule has 3 aliphatic rings. The van der Waals surface area contributed by atoms with Gasteiger partial charge in [0.25, 0.3) is 0 Å². The van der Waals surface area contributed by atoms with Gasteiger partial charge in [-0.2, -0.15) is 0 Å². The van der Waals surface area contributed by atoms with E-state index in [-0.39, 0.29) is 11.3 Å². The van der Waals surface area contributed by atoms with E-state index in [2.05, 4.69) is 193 Å². The standard InChI is InChI=1S/C51H37N3/c1-4-16-34(17-5-1)35-28-30-36(31-29-35)49-50(53-44-26-14-13-25-43(44)52-49)54-45-27-15-11-23-40(45)48-46(54)33-32-42-47(48)39-22-10-12-24-41(39)51(42,37-18-6-2-7-19-37)38-20-8-3-9-21-38/h1-20,22-28,30-33,35,38H,21,29H2. The summed E-state index contributed by atoms with van der Waals surface area (Å²) in [6.07, 6.45) is 18.0. The van der Waals surface area contributed by atoms with Crippen molar-refractivity contribution in [3.05, 3.63) is 216 Å². The summed E-state index contributed by atoms with van der Waals surface area (Å²) in [5.74, 6) is 1.46. The Balaban J connectivity index is 1.20. The van der Waals surface area contributed by atoms with Crippen LogP contribution in [0.3, 0.4) is 0 Å². The van der Waals surface area contributed by atoms with Gasteiger partial charge < -0.3 is 0 Å². The topological polar surface area (TPSA) is 30.7 Å². The predicted octanol–water partition coefficient (Wildman–Crippen LogP) is 12.3. The summed E-state index contributed by atoms with van der Waals surface area (Å²) in [5, 5.41) is 2.49. The van der Waals surface area contributed by atoms with Gasteiger partial charge in [0.1, 0.15) is 5.69 Å². The van der Waals surface area contributed by atoms with Crippen LogP contribution in [-0.2, 0) is 5.41 Å². The number of rotatable bonds is 5. The molecule has 0 saturated heterocycles. The second-order valence-corrected chi connectivity index (χ2v) is 14.8. The number of fused-ring (bicyclic) bond motifs is 8. The predicted molar refractivity (Wildman–Crippen MR) is 223 cm³/mol. The first-order chi connectivity index (χ1) is 26.8. The Labute approximate surface area is 315 Å². The summed E-state index contributed by atoms with van der Waals surface area (Å²) in [7, 11) is 0. The van der Waals surface area contributed by atoms with Crippen LogP contribution in [0.15, 0.2) is 188 Å². The quantitative estimate of drug-likeness (QED) is 0.180. The molecule has 6 aromatic carbocycles. The Morgan fingerprint density at radius 1 is 0.593 bits per heavy atom. The molecule has 3 unspecified atom stereocenters. The monoisotopic (exact) mass is 691 g/mol. The molecule has 0 amide bonds. The fourth-order valence-electron chi connectivity index (χ4n) is 9.70. The Bertz CT molecular complexity index is 2890. The van der Waals surface area contributed by atoms with Crippen molar-refractivity contribution in [2.24, 2.45) is 5.92 Å². The summed E-state index contributed by atoms with van der Waals surface area (Å²) in [4.78, 5) is 10.8. The number of allylic oxidation sites excluding steroid dienone is 8. The van der Waals surface area contributed by atoms with E-state index in [1.807, 2.05) is 0 Å². The maximum Gasteiger partial charge on any atom is 0.165 e. The zero-order valence-corrected chi connectivity index (χ0v) is 29.8. The Hall–Kier alpha value is -6.58. The average Bonchev–Trinajstić information content (AvgIpc) is 3.75. The number of benzene rings is 6. The molecule has 11 rings (SSSR count). The van der Waals surface area contributed by atoms with E-state index >= 15 is 0 Å².